The molecule has 0 amide bonds. The third-order valence-electron chi connectivity index (χ3n) is 2.94. The van der Waals surface area contributed by atoms with Crippen LogP contribution in [-0.4, -0.2) is 37.4 Å². The zero-order chi connectivity index (χ0) is 17.3. The van der Waals surface area contributed by atoms with Crippen molar-refractivity contribution >= 4 is 11.9 Å². The van der Waals surface area contributed by atoms with E-state index in [1.54, 1.807) is 0 Å². The van der Waals surface area contributed by atoms with Gasteiger partial charge in [0.1, 0.15) is 12.6 Å². The Kier molecular flexibility index (Phi) is 7.71. The summed E-state index contributed by atoms with van der Waals surface area (Å²) >= 11 is 0. The smallest absolute Gasteiger partial charge is 0.324 e. The maximum atomic E-state index is 12.2. The second kappa shape index (κ2) is 9.27. The lowest BCUT2D eigenvalue weighted by Gasteiger charge is -2.22. The van der Waals surface area contributed by atoms with Gasteiger partial charge in [0, 0.05) is 0 Å². The minimum absolute atomic E-state index is 0.113. The van der Waals surface area contributed by atoms with Crippen LogP contribution in [0.2, 0.25) is 0 Å². The molecule has 0 saturated carbocycles. The molecule has 1 N–H and O–H groups in total. The van der Waals surface area contributed by atoms with Gasteiger partial charge >= 0.3 is 11.9 Å². The number of benzene rings is 1. The van der Waals surface area contributed by atoms with Crippen molar-refractivity contribution in [2.75, 3.05) is 13.8 Å². The van der Waals surface area contributed by atoms with Gasteiger partial charge in [0.2, 0.25) is 0 Å². The number of esters is 2. The lowest BCUT2D eigenvalue weighted by atomic mass is 10.2. The molecule has 0 aliphatic heterocycles. The Labute approximate surface area is 137 Å². The zero-order valence-corrected chi connectivity index (χ0v) is 14.1. The molecule has 0 saturated heterocycles. The molecule has 6 heteroatoms. The van der Waals surface area contributed by atoms with Crippen molar-refractivity contribution in [3.05, 3.63) is 35.9 Å². The summed E-state index contributed by atoms with van der Waals surface area (Å²) in [6.07, 6.45) is -0.113. The van der Waals surface area contributed by atoms with E-state index in [1.807, 2.05) is 51.1 Å². The molecule has 6 nitrogen and oxygen atoms in total. The molecule has 0 heterocycles. The second-order valence-electron chi connectivity index (χ2n) is 6.03. The van der Waals surface area contributed by atoms with E-state index in [0.29, 0.717) is 0 Å². The third-order valence-corrected chi connectivity index (χ3v) is 2.94. The van der Waals surface area contributed by atoms with Gasteiger partial charge in [-0.15, -0.1) is 0 Å². The lowest BCUT2D eigenvalue weighted by Crippen LogP contribution is -2.42. The Morgan fingerprint density at radius 3 is 2.39 bits per heavy atom. The molecule has 0 aliphatic carbocycles. The van der Waals surface area contributed by atoms with Crippen molar-refractivity contribution in [1.29, 1.82) is 0 Å². The molecule has 1 aromatic rings. The van der Waals surface area contributed by atoms with E-state index in [-0.39, 0.29) is 25.4 Å². The first-order valence-corrected chi connectivity index (χ1v) is 7.46. The second-order valence-corrected chi connectivity index (χ2v) is 6.03. The number of carbonyl (C=O) groups excluding carboxylic acids is 2. The summed E-state index contributed by atoms with van der Waals surface area (Å²) in [7, 11) is 1.28. The first kappa shape index (κ1) is 19.1. The van der Waals surface area contributed by atoms with E-state index in [2.05, 4.69) is 10.1 Å². The maximum Gasteiger partial charge on any atom is 0.324 e. The van der Waals surface area contributed by atoms with Gasteiger partial charge < -0.3 is 14.2 Å². The summed E-state index contributed by atoms with van der Waals surface area (Å²) in [6.45, 7) is 5.98. The molecule has 0 bridgehead atoms. The predicted molar refractivity (Wildman–Crippen MR) is 85.5 cm³/mol. The highest BCUT2D eigenvalue weighted by molar-refractivity contribution is 5.82. The average molecular weight is 323 g/mol. The topological polar surface area (TPSA) is 73.9 Å². The zero-order valence-electron chi connectivity index (χ0n) is 14.1. The first-order chi connectivity index (χ1) is 10.8. The normalized spacial score (nSPS) is 12.5. The average Bonchev–Trinajstić information content (AvgIpc) is 2.51. The van der Waals surface area contributed by atoms with E-state index in [1.165, 1.54) is 7.11 Å². The summed E-state index contributed by atoms with van der Waals surface area (Å²) < 4.78 is 15.4. The molecule has 0 fully saturated rings. The molecule has 128 valence electrons. The SMILES string of the molecule is COC(=O)C[C@H](NCOC(C)(C)C)C(=O)OCc1ccccc1. The van der Waals surface area contributed by atoms with E-state index in [0.717, 1.165) is 5.56 Å². The monoisotopic (exact) mass is 323 g/mol. The number of methoxy groups -OCH3 is 1. The number of rotatable bonds is 8. The van der Waals surface area contributed by atoms with Crippen LogP contribution in [0, 0.1) is 0 Å². The van der Waals surface area contributed by atoms with Gasteiger partial charge in [-0.25, -0.2) is 0 Å². The third kappa shape index (κ3) is 8.32. The summed E-state index contributed by atoms with van der Waals surface area (Å²) in [5.74, 6) is -1.01. The highest BCUT2D eigenvalue weighted by Crippen LogP contribution is 2.07. The van der Waals surface area contributed by atoms with Crippen LogP contribution in [0.5, 0.6) is 0 Å². The van der Waals surface area contributed by atoms with Crippen LogP contribution in [0.15, 0.2) is 30.3 Å². The molecule has 1 aromatic carbocycles. The fourth-order valence-corrected chi connectivity index (χ4v) is 1.68. The number of hydrogen-bond acceptors (Lipinski definition) is 6. The van der Waals surface area contributed by atoms with Crippen molar-refractivity contribution in [3.63, 3.8) is 0 Å². The quantitative estimate of drug-likeness (QED) is 0.583. The standard InChI is InChI=1S/C17H25NO5/c1-17(2,3)23-12-18-14(10-15(19)21-4)16(20)22-11-13-8-6-5-7-9-13/h5-9,14,18H,10-12H2,1-4H3/t14-/m0/s1. The fourth-order valence-electron chi connectivity index (χ4n) is 1.68. The Hall–Kier alpha value is -1.92. The molecular weight excluding hydrogens is 298 g/mol. The molecule has 0 spiro atoms. The maximum absolute atomic E-state index is 12.2. The Morgan fingerprint density at radius 1 is 1.17 bits per heavy atom. The molecular formula is C17H25NO5. The van der Waals surface area contributed by atoms with Gasteiger partial charge in [-0.05, 0) is 26.3 Å². The minimum Gasteiger partial charge on any atom is -0.469 e. The minimum atomic E-state index is -0.812. The first-order valence-electron chi connectivity index (χ1n) is 7.46. The number of carbonyl (C=O) groups is 2. The van der Waals surface area contributed by atoms with Crippen molar-refractivity contribution in [1.82, 2.24) is 5.32 Å². The van der Waals surface area contributed by atoms with Gasteiger partial charge in [0.15, 0.2) is 0 Å². The van der Waals surface area contributed by atoms with Crippen molar-refractivity contribution in [3.8, 4) is 0 Å². The molecule has 0 radical (unpaired) electrons. The Bertz CT molecular complexity index is 495. The van der Waals surface area contributed by atoms with Crippen LogP contribution in [0.1, 0.15) is 32.8 Å². The van der Waals surface area contributed by atoms with Crippen LogP contribution in [-0.2, 0) is 30.4 Å². The molecule has 0 aliphatic rings. The van der Waals surface area contributed by atoms with E-state index in [4.69, 9.17) is 9.47 Å². The molecule has 1 rings (SSSR count). The summed E-state index contributed by atoms with van der Waals surface area (Å²) in [5, 5.41) is 2.88. The van der Waals surface area contributed by atoms with Gasteiger partial charge in [-0.2, -0.15) is 0 Å². The Morgan fingerprint density at radius 2 is 1.83 bits per heavy atom. The molecule has 23 heavy (non-hydrogen) atoms. The predicted octanol–water partition coefficient (Wildman–Crippen LogP) is 2.02. The highest BCUT2D eigenvalue weighted by Gasteiger charge is 2.24. The number of hydrogen-bond donors (Lipinski definition) is 1. The summed E-state index contributed by atoms with van der Waals surface area (Å²) in [4.78, 5) is 23.6. The van der Waals surface area contributed by atoms with Crippen molar-refractivity contribution in [2.45, 2.75) is 45.4 Å². The van der Waals surface area contributed by atoms with Crippen LogP contribution >= 0.6 is 0 Å². The van der Waals surface area contributed by atoms with Gasteiger partial charge in [-0.3, -0.25) is 14.9 Å². The summed E-state index contributed by atoms with van der Waals surface area (Å²) in [6, 6.07) is 8.53. The van der Waals surface area contributed by atoms with Gasteiger partial charge in [-0.1, -0.05) is 30.3 Å². The molecule has 1 atom stereocenters. The largest absolute Gasteiger partial charge is 0.469 e. The van der Waals surface area contributed by atoms with Crippen molar-refractivity contribution < 1.29 is 23.8 Å². The number of ether oxygens (including phenoxy) is 3. The van der Waals surface area contributed by atoms with Crippen LogP contribution in [0.25, 0.3) is 0 Å². The van der Waals surface area contributed by atoms with Crippen molar-refractivity contribution in [2.24, 2.45) is 0 Å². The summed E-state index contributed by atoms with van der Waals surface area (Å²) in [5.41, 5.74) is 0.528. The van der Waals surface area contributed by atoms with E-state index < -0.39 is 18.0 Å². The number of nitrogens with one attached hydrogen (secondary N) is 1. The van der Waals surface area contributed by atoms with Gasteiger partial charge in [0.05, 0.1) is 25.9 Å². The molecule has 0 unspecified atom stereocenters. The highest BCUT2D eigenvalue weighted by atomic mass is 16.5. The van der Waals surface area contributed by atoms with Crippen LogP contribution in [0.4, 0.5) is 0 Å². The van der Waals surface area contributed by atoms with Gasteiger partial charge in [0.25, 0.3) is 0 Å². The fraction of sp³-hybridized carbons (Fsp3) is 0.529. The van der Waals surface area contributed by atoms with E-state index >= 15 is 0 Å². The van der Waals surface area contributed by atoms with Crippen LogP contribution in [0.3, 0.4) is 0 Å². The lowest BCUT2D eigenvalue weighted by molar-refractivity contribution is -0.153. The Balaban J connectivity index is 2.55. The van der Waals surface area contributed by atoms with E-state index in [9.17, 15) is 9.59 Å². The molecule has 0 aromatic heterocycles. The van der Waals surface area contributed by atoms with Crippen LogP contribution < -0.4 is 5.32 Å².